The van der Waals surface area contributed by atoms with Crippen LogP contribution in [0.25, 0.3) is 11.1 Å². The van der Waals surface area contributed by atoms with Crippen LogP contribution in [0.4, 0.5) is 10.8 Å². The Bertz CT molecular complexity index is 1220. The van der Waals surface area contributed by atoms with Gasteiger partial charge >= 0.3 is 0 Å². The number of aromatic nitrogens is 3. The molecule has 3 aromatic rings. The van der Waals surface area contributed by atoms with Gasteiger partial charge in [0.05, 0.1) is 48.9 Å². The highest BCUT2D eigenvalue weighted by molar-refractivity contribution is 7.17. The molecule has 0 saturated heterocycles. The summed E-state index contributed by atoms with van der Waals surface area (Å²) in [4.78, 5) is 19.7. The first-order valence-electron chi connectivity index (χ1n) is 11.0. The zero-order valence-corrected chi connectivity index (χ0v) is 20.0. The number of nitrogens with one attached hydrogen (secondary N) is 1. The van der Waals surface area contributed by atoms with E-state index in [1.165, 1.54) is 11.3 Å². The minimum atomic E-state index is -0.892. The lowest BCUT2D eigenvalue weighted by Gasteiger charge is -2.34. The average Bonchev–Trinajstić information content (AvgIpc) is 3.45. The van der Waals surface area contributed by atoms with Crippen LogP contribution in [0.15, 0.2) is 30.6 Å². The Morgan fingerprint density at radius 3 is 3.00 bits per heavy atom. The average molecular weight is 486 g/mol. The fourth-order valence-electron chi connectivity index (χ4n) is 4.21. The summed E-state index contributed by atoms with van der Waals surface area (Å²) >= 11 is 1.27. The summed E-state index contributed by atoms with van der Waals surface area (Å²) in [5, 5.41) is 28.6. The number of benzene rings is 1. The second-order valence-electron chi connectivity index (χ2n) is 9.03. The number of carbonyl (C=O) groups excluding carboxylic acids is 1. The maximum atomic E-state index is 12.6. The number of aliphatic hydroxyl groups is 2. The standard InChI is InChI=1S/C23H27N5O5S/c1-23(2)20(30)18-19(21(31)26-23)34-22(25-18)28-6-7-33-17-5-4-13(8-16(17)28)14-9-24-27(10-14)11-15(29)12-32-3/h4-5,8-10,15,20,29-30H,6-7,11-12H2,1-3H3,(H,26,31). The van der Waals surface area contributed by atoms with Crippen molar-refractivity contribution in [1.82, 2.24) is 20.1 Å². The van der Waals surface area contributed by atoms with Crippen molar-refractivity contribution < 1.29 is 24.5 Å². The van der Waals surface area contributed by atoms with Gasteiger partial charge in [-0.15, -0.1) is 0 Å². The molecule has 0 spiro atoms. The Morgan fingerprint density at radius 1 is 1.38 bits per heavy atom. The summed E-state index contributed by atoms with van der Waals surface area (Å²) in [6, 6.07) is 5.87. The van der Waals surface area contributed by atoms with E-state index < -0.39 is 17.7 Å². The minimum absolute atomic E-state index is 0.223. The summed E-state index contributed by atoms with van der Waals surface area (Å²) in [7, 11) is 1.55. The molecule has 34 heavy (non-hydrogen) atoms. The van der Waals surface area contributed by atoms with E-state index in [1.54, 1.807) is 31.8 Å². The Balaban J connectivity index is 1.46. The molecule has 10 nitrogen and oxygen atoms in total. The fraction of sp³-hybridized carbons (Fsp3) is 0.435. The van der Waals surface area contributed by atoms with Crippen LogP contribution in [0.3, 0.4) is 0 Å². The number of hydrogen-bond acceptors (Lipinski definition) is 9. The molecule has 2 atom stereocenters. The first-order chi connectivity index (χ1) is 16.3. The Kier molecular flexibility index (Phi) is 5.80. The van der Waals surface area contributed by atoms with Gasteiger partial charge in [-0.25, -0.2) is 4.98 Å². The molecule has 2 aliphatic heterocycles. The van der Waals surface area contributed by atoms with Crippen molar-refractivity contribution in [2.75, 3.05) is 31.8 Å². The van der Waals surface area contributed by atoms with Crippen molar-refractivity contribution in [3.8, 4) is 16.9 Å². The normalized spacial score (nSPS) is 19.7. The molecule has 0 saturated carbocycles. The van der Waals surface area contributed by atoms with Crippen LogP contribution in [0.5, 0.6) is 5.75 Å². The molecule has 180 valence electrons. The van der Waals surface area contributed by atoms with Gasteiger partial charge in [0.25, 0.3) is 5.91 Å². The Hall–Kier alpha value is -2.99. The molecule has 0 radical (unpaired) electrons. The van der Waals surface area contributed by atoms with Gasteiger partial charge in [0, 0.05) is 18.9 Å². The SMILES string of the molecule is COCC(O)Cn1cc(-c2ccc3c(c2)N(c2nc4c(s2)C(=O)NC(C)(C)C4O)CCO3)cn1. The van der Waals surface area contributed by atoms with Crippen LogP contribution < -0.4 is 15.0 Å². The molecule has 0 fully saturated rings. The van der Waals surface area contributed by atoms with Crippen LogP contribution in [0, 0.1) is 0 Å². The molecule has 5 rings (SSSR count). The molecule has 3 N–H and O–H groups in total. The van der Waals surface area contributed by atoms with E-state index >= 15 is 0 Å². The van der Waals surface area contributed by atoms with Crippen molar-refractivity contribution in [3.05, 3.63) is 41.2 Å². The molecule has 1 aromatic carbocycles. The number of anilines is 2. The number of nitrogens with zero attached hydrogens (tertiary/aromatic N) is 4. The lowest BCUT2D eigenvalue weighted by Crippen LogP contribution is -2.51. The summed E-state index contributed by atoms with van der Waals surface area (Å²) in [6.45, 7) is 5.17. The summed E-state index contributed by atoms with van der Waals surface area (Å²) < 4.78 is 12.5. The van der Waals surface area contributed by atoms with E-state index in [9.17, 15) is 15.0 Å². The van der Waals surface area contributed by atoms with Gasteiger partial charge in [0.15, 0.2) is 5.13 Å². The smallest absolute Gasteiger partial charge is 0.263 e. The lowest BCUT2D eigenvalue weighted by atomic mass is 9.91. The van der Waals surface area contributed by atoms with Gasteiger partial charge in [0.2, 0.25) is 0 Å². The third-order valence-electron chi connectivity index (χ3n) is 6.00. The van der Waals surface area contributed by atoms with E-state index in [-0.39, 0.29) is 12.5 Å². The third-order valence-corrected chi connectivity index (χ3v) is 7.10. The molecule has 0 bridgehead atoms. The second kappa shape index (κ2) is 8.66. The first kappa shape index (κ1) is 22.8. The largest absolute Gasteiger partial charge is 0.490 e. The zero-order chi connectivity index (χ0) is 24.0. The number of methoxy groups -OCH3 is 1. The quantitative estimate of drug-likeness (QED) is 0.485. The highest BCUT2D eigenvalue weighted by Crippen LogP contribution is 2.44. The molecule has 0 aliphatic carbocycles. The van der Waals surface area contributed by atoms with Crippen LogP contribution in [-0.2, 0) is 11.3 Å². The van der Waals surface area contributed by atoms with Crippen molar-refractivity contribution >= 4 is 28.1 Å². The van der Waals surface area contributed by atoms with Gasteiger partial charge in [-0.05, 0) is 31.5 Å². The number of hydrogen-bond donors (Lipinski definition) is 3. The molecule has 1 amide bonds. The van der Waals surface area contributed by atoms with E-state index in [2.05, 4.69) is 15.4 Å². The van der Waals surface area contributed by atoms with Crippen molar-refractivity contribution in [1.29, 1.82) is 0 Å². The molecular formula is C23H27N5O5S. The van der Waals surface area contributed by atoms with E-state index in [0.29, 0.717) is 35.4 Å². The predicted octanol–water partition coefficient (Wildman–Crippen LogP) is 2.10. The van der Waals surface area contributed by atoms with Crippen LogP contribution in [0.2, 0.25) is 0 Å². The lowest BCUT2D eigenvalue weighted by molar-refractivity contribution is 0.0514. The second-order valence-corrected chi connectivity index (χ2v) is 10.0. The molecule has 11 heteroatoms. The zero-order valence-electron chi connectivity index (χ0n) is 19.2. The molecule has 4 heterocycles. The third kappa shape index (κ3) is 4.05. The summed E-state index contributed by atoms with van der Waals surface area (Å²) in [5.41, 5.74) is 2.28. The van der Waals surface area contributed by atoms with E-state index in [4.69, 9.17) is 9.47 Å². The monoisotopic (exact) mass is 485 g/mol. The number of fused-ring (bicyclic) bond motifs is 2. The van der Waals surface area contributed by atoms with Gasteiger partial charge in [-0.1, -0.05) is 17.4 Å². The highest BCUT2D eigenvalue weighted by Gasteiger charge is 2.42. The van der Waals surface area contributed by atoms with E-state index in [1.807, 2.05) is 29.3 Å². The summed E-state index contributed by atoms with van der Waals surface area (Å²) in [6.07, 6.45) is 2.09. The molecular weight excluding hydrogens is 458 g/mol. The highest BCUT2D eigenvalue weighted by atomic mass is 32.1. The maximum absolute atomic E-state index is 12.6. The number of ether oxygens (including phenoxy) is 2. The number of aliphatic hydroxyl groups excluding tert-OH is 2. The van der Waals surface area contributed by atoms with Crippen molar-refractivity contribution in [2.24, 2.45) is 0 Å². The molecule has 2 aromatic heterocycles. The van der Waals surface area contributed by atoms with Crippen molar-refractivity contribution in [2.45, 2.75) is 38.1 Å². The summed E-state index contributed by atoms with van der Waals surface area (Å²) in [5.74, 6) is 0.496. The first-order valence-corrected chi connectivity index (χ1v) is 11.8. The van der Waals surface area contributed by atoms with Gasteiger partial charge in [-0.3, -0.25) is 9.48 Å². The van der Waals surface area contributed by atoms with Crippen molar-refractivity contribution in [3.63, 3.8) is 0 Å². The van der Waals surface area contributed by atoms with Crippen LogP contribution in [-0.4, -0.2) is 69.4 Å². The number of thiazole rings is 1. The fourth-order valence-corrected chi connectivity index (χ4v) is 5.24. The number of carbonyl (C=O) groups is 1. The van der Waals surface area contributed by atoms with Gasteiger partial charge in [0.1, 0.15) is 23.3 Å². The van der Waals surface area contributed by atoms with Gasteiger partial charge in [-0.2, -0.15) is 5.10 Å². The molecule has 2 unspecified atom stereocenters. The maximum Gasteiger partial charge on any atom is 0.263 e. The number of rotatable bonds is 6. The van der Waals surface area contributed by atoms with Crippen LogP contribution >= 0.6 is 11.3 Å². The topological polar surface area (TPSA) is 122 Å². The number of amides is 1. The Morgan fingerprint density at radius 2 is 2.21 bits per heavy atom. The molecule has 2 aliphatic rings. The van der Waals surface area contributed by atoms with Crippen LogP contribution in [0.1, 0.15) is 35.3 Å². The van der Waals surface area contributed by atoms with Gasteiger partial charge < -0.3 is 29.9 Å². The minimum Gasteiger partial charge on any atom is -0.490 e. The Labute approximate surface area is 200 Å². The van der Waals surface area contributed by atoms with E-state index in [0.717, 1.165) is 22.6 Å². The predicted molar refractivity (Wildman–Crippen MR) is 127 cm³/mol.